The van der Waals surface area contributed by atoms with Crippen LogP contribution in [0, 0.1) is 0 Å². The summed E-state index contributed by atoms with van der Waals surface area (Å²) in [4.78, 5) is 4.86. The molecule has 2 atom stereocenters. The molecule has 0 aliphatic rings. The van der Waals surface area contributed by atoms with Crippen molar-refractivity contribution in [2.45, 2.75) is 199 Å². The molecule has 312 valence electrons. The topological polar surface area (TPSA) is 99.0 Å². The zero-order valence-corrected chi connectivity index (χ0v) is 35.5. The predicted octanol–water partition coefficient (Wildman–Crippen LogP) is 11.0. The molecule has 0 aromatic carbocycles. The molecule has 0 rings (SSSR count). The largest absolute Gasteiger partial charge is 0.390 e. The summed E-state index contributed by atoms with van der Waals surface area (Å²) in [5.74, 6) is 0. The lowest BCUT2D eigenvalue weighted by Crippen LogP contribution is -2.38. The van der Waals surface area contributed by atoms with Crippen LogP contribution in [0.3, 0.4) is 0 Å². The summed E-state index contributed by atoms with van der Waals surface area (Å²) < 4.78 is 0. The molecule has 0 amide bonds. The van der Waals surface area contributed by atoms with Gasteiger partial charge < -0.3 is 31.5 Å². The van der Waals surface area contributed by atoms with Crippen molar-refractivity contribution in [2.75, 3.05) is 52.4 Å². The standard InChI is InChI=1S/C47H92N4O2/c1-3-5-7-9-11-13-15-17-19-21-23-25-27-29-31-34-38-50(44-46(52)42-48)40-36-33-37-41-51(45-47(53)43-49)39-35-32-30-28-26-24-22-20-18-16-14-12-10-8-6-4-2/h11-14,17-20,46-47,52-53H,3-10,15-16,21-45,48-49H2,1-2H3/b13-11-,14-12+,19-17+,20-18+. The van der Waals surface area contributed by atoms with Crippen LogP contribution in [0.5, 0.6) is 0 Å². The van der Waals surface area contributed by atoms with E-state index in [4.69, 9.17) is 11.5 Å². The van der Waals surface area contributed by atoms with E-state index in [1.54, 1.807) is 0 Å². The smallest absolute Gasteiger partial charge is 0.0789 e. The van der Waals surface area contributed by atoms with E-state index in [1.165, 1.54) is 141 Å². The highest BCUT2D eigenvalue weighted by Crippen LogP contribution is 2.12. The van der Waals surface area contributed by atoms with E-state index in [2.05, 4.69) is 72.3 Å². The Labute approximate surface area is 331 Å². The third-order valence-corrected chi connectivity index (χ3v) is 10.3. The first-order valence-corrected chi connectivity index (χ1v) is 22.9. The second-order valence-electron chi connectivity index (χ2n) is 15.6. The van der Waals surface area contributed by atoms with Gasteiger partial charge in [-0.3, -0.25) is 0 Å². The average molecular weight is 745 g/mol. The van der Waals surface area contributed by atoms with E-state index in [1.807, 2.05) is 0 Å². The van der Waals surface area contributed by atoms with Gasteiger partial charge in [-0.25, -0.2) is 0 Å². The maximum Gasteiger partial charge on any atom is 0.0789 e. The van der Waals surface area contributed by atoms with Crippen LogP contribution in [0.25, 0.3) is 0 Å². The van der Waals surface area contributed by atoms with E-state index in [9.17, 15) is 10.2 Å². The van der Waals surface area contributed by atoms with Crippen LogP contribution in [0.15, 0.2) is 48.6 Å². The SMILES string of the molecule is CCCCC/C=C\C/C=C/CCCCCCCCN(CCCCCN(CCCCCCCC/C=C/C/C=C/CCCCC)CC(O)CN)CC(O)CN. The zero-order chi connectivity index (χ0) is 38.7. The summed E-state index contributed by atoms with van der Waals surface area (Å²) >= 11 is 0. The van der Waals surface area contributed by atoms with Gasteiger partial charge in [-0.05, 0) is 116 Å². The van der Waals surface area contributed by atoms with Crippen LogP contribution in [0.2, 0.25) is 0 Å². The third-order valence-electron chi connectivity index (χ3n) is 10.3. The number of allylic oxidation sites excluding steroid dienone is 8. The molecule has 6 heteroatoms. The molecule has 0 spiro atoms. The lowest BCUT2D eigenvalue weighted by atomic mass is 10.1. The second-order valence-corrected chi connectivity index (χ2v) is 15.6. The van der Waals surface area contributed by atoms with Gasteiger partial charge in [0, 0.05) is 26.2 Å². The van der Waals surface area contributed by atoms with Gasteiger partial charge in [0.2, 0.25) is 0 Å². The molecule has 0 bridgehead atoms. The summed E-state index contributed by atoms with van der Waals surface area (Å²) in [6.07, 6.45) is 51.6. The van der Waals surface area contributed by atoms with Crippen molar-refractivity contribution in [3.8, 4) is 0 Å². The Morgan fingerprint density at radius 2 is 0.642 bits per heavy atom. The van der Waals surface area contributed by atoms with Crippen molar-refractivity contribution in [1.29, 1.82) is 0 Å². The Morgan fingerprint density at radius 3 is 0.943 bits per heavy atom. The summed E-state index contributed by atoms with van der Waals surface area (Å²) in [6.45, 7) is 10.7. The van der Waals surface area contributed by atoms with Crippen LogP contribution >= 0.6 is 0 Å². The Bertz CT molecular complexity index is 763. The maximum atomic E-state index is 10.3. The van der Waals surface area contributed by atoms with E-state index < -0.39 is 12.2 Å². The fourth-order valence-electron chi connectivity index (χ4n) is 6.83. The molecular formula is C47H92N4O2. The lowest BCUT2D eigenvalue weighted by molar-refractivity contribution is 0.111. The number of nitrogens with zero attached hydrogens (tertiary/aromatic N) is 2. The molecule has 0 aliphatic heterocycles. The maximum absolute atomic E-state index is 10.3. The summed E-state index contributed by atoms with van der Waals surface area (Å²) in [6, 6.07) is 0. The van der Waals surface area contributed by atoms with Crippen LogP contribution in [0.1, 0.15) is 187 Å². The number of aliphatic hydroxyl groups is 2. The summed E-state index contributed by atoms with van der Waals surface area (Å²) in [5.41, 5.74) is 11.5. The number of hydrogen-bond acceptors (Lipinski definition) is 6. The van der Waals surface area contributed by atoms with E-state index >= 15 is 0 Å². The van der Waals surface area contributed by atoms with Crippen LogP contribution in [-0.2, 0) is 0 Å². The molecule has 53 heavy (non-hydrogen) atoms. The average Bonchev–Trinajstić information content (AvgIpc) is 3.16. The molecule has 0 aliphatic carbocycles. The van der Waals surface area contributed by atoms with Crippen molar-refractivity contribution in [1.82, 2.24) is 9.80 Å². The first kappa shape index (κ1) is 51.7. The molecule has 0 saturated heterocycles. The molecule has 0 aromatic rings. The predicted molar refractivity (Wildman–Crippen MR) is 236 cm³/mol. The Morgan fingerprint density at radius 1 is 0.377 bits per heavy atom. The molecule has 6 N–H and O–H groups in total. The minimum Gasteiger partial charge on any atom is -0.390 e. The Kier molecular flexibility index (Phi) is 42.4. The highest BCUT2D eigenvalue weighted by molar-refractivity contribution is 4.93. The van der Waals surface area contributed by atoms with Crippen LogP contribution in [0.4, 0.5) is 0 Å². The van der Waals surface area contributed by atoms with E-state index in [0.29, 0.717) is 26.2 Å². The Hall–Kier alpha value is -1.28. The third kappa shape index (κ3) is 40.2. The molecule has 0 radical (unpaired) electrons. The van der Waals surface area contributed by atoms with Gasteiger partial charge in [-0.15, -0.1) is 0 Å². The van der Waals surface area contributed by atoms with Crippen LogP contribution in [-0.4, -0.2) is 84.6 Å². The number of rotatable bonds is 42. The Balaban J connectivity index is 4.10. The fourth-order valence-corrected chi connectivity index (χ4v) is 6.83. The fraction of sp³-hybridized carbons (Fsp3) is 0.830. The number of nitrogens with two attached hydrogens (primary N) is 2. The van der Waals surface area contributed by atoms with Crippen molar-refractivity contribution < 1.29 is 10.2 Å². The van der Waals surface area contributed by atoms with Gasteiger partial charge in [0.05, 0.1) is 12.2 Å². The minimum atomic E-state index is -0.443. The van der Waals surface area contributed by atoms with Crippen molar-refractivity contribution in [3.05, 3.63) is 48.6 Å². The van der Waals surface area contributed by atoms with Gasteiger partial charge in [0.1, 0.15) is 0 Å². The number of unbranched alkanes of at least 4 members (excludes halogenated alkanes) is 20. The molecule has 0 saturated carbocycles. The van der Waals surface area contributed by atoms with Gasteiger partial charge in [0.15, 0.2) is 0 Å². The highest BCUT2D eigenvalue weighted by Gasteiger charge is 2.12. The first-order valence-electron chi connectivity index (χ1n) is 22.9. The van der Waals surface area contributed by atoms with Gasteiger partial charge in [0.25, 0.3) is 0 Å². The zero-order valence-electron chi connectivity index (χ0n) is 35.5. The first-order chi connectivity index (χ1) is 26.1. The van der Waals surface area contributed by atoms with Crippen LogP contribution < -0.4 is 11.5 Å². The summed E-state index contributed by atoms with van der Waals surface area (Å²) in [5, 5.41) is 20.5. The minimum absolute atomic E-state index is 0.327. The van der Waals surface area contributed by atoms with Crippen molar-refractivity contribution >= 4 is 0 Å². The number of hydrogen-bond donors (Lipinski definition) is 4. The lowest BCUT2D eigenvalue weighted by Gasteiger charge is -2.26. The van der Waals surface area contributed by atoms with Gasteiger partial charge in [-0.2, -0.15) is 0 Å². The van der Waals surface area contributed by atoms with Crippen molar-refractivity contribution in [3.63, 3.8) is 0 Å². The van der Waals surface area contributed by atoms with E-state index in [-0.39, 0.29) is 0 Å². The molecular weight excluding hydrogens is 653 g/mol. The normalized spacial score (nSPS) is 13.7. The monoisotopic (exact) mass is 745 g/mol. The molecule has 6 nitrogen and oxygen atoms in total. The quantitative estimate of drug-likeness (QED) is 0.0367. The molecule has 0 heterocycles. The molecule has 0 aromatic heterocycles. The van der Waals surface area contributed by atoms with Gasteiger partial charge in [-0.1, -0.05) is 146 Å². The second kappa shape index (κ2) is 43.4. The summed E-state index contributed by atoms with van der Waals surface area (Å²) in [7, 11) is 0. The van der Waals surface area contributed by atoms with E-state index in [0.717, 1.165) is 58.3 Å². The van der Waals surface area contributed by atoms with Crippen molar-refractivity contribution in [2.24, 2.45) is 11.5 Å². The highest BCUT2D eigenvalue weighted by atomic mass is 16.3. The molecule has 2 unspecified atom stereocenters. The number of aliphatic hydroxyl groups excluding tert-OH is 2. The molecule has 0 fully saturated rings. The van der Waals surface area contributed by atoms with Gasteiger partial charge >= 0.3 is 0 Å².